The highest BCUT2D eigenvalue weighted by Gasteiger charge is 2.16. The zero-order valence-electron chi connectivity index (χ0n) is 8.49. The Morgan fingerprint density at radius 1 is 1.31 bits per heavy atom. The zero-order valence-corrected chi connectivity index (χ0v) is 8.49. The molecular weight excluding hydrogens is 164 g/mol. The maximum atomic E-state index is 11.0. The van der Waals surface area contributed by atoms with E-state index in [0.717, 1.165) is 32.7 Å². The van der Waals surface area contributed by atoms with E-state index in [9.17, 15) is 4.79 Å². The first-order valence-electron chi connectivity index (χ1n) is 4.83. The van der Waals surface area contributed by atoms with E-state index in [1.807, 2.05) is 11.8 Å². The van der Waals surface area contributed by atoms with Crippen LogP contribution < -0.4 is 0 Å². The number of rotatable bonds is 2. The Hall–Kier alpha value is -0.830. The summed E-state index contributed by atoms with van der Waals surface area (Å²) in [6.07, 6.45) is 4.22. The van der Waals surface area contributed by atoms with E-state index in [2.05, 4.69) is 17.1 Å². The van der Waals surface area contributed by atoms with Crippen LogP contribution in [0.25, 0.3) is 0 Å². The topological polar surface area (TPSA) is 23.6 Å². The van der Waals surface area contributed by atoms with Crippen LogP contribution >= 0.6 is 0 Å². The highest BCUT2D eigenvalue weighted by Crippen LogP contribution is 2.01. The van der Waals surface area contributed by atoms with Crippen molar-refractivity contribution >= 4 is 5.91 Å². The summed E-state index contributed by atoms with van der Waals surface area (Å²) in [5, 5.41) is 0. The third kappa shape index (κ3) is 3.19. The van der Waals surface area contributed by atoms with Crippen molar-refractivity contribution in [2.45, 2.75) is 13.8 Å². The molecule has 0 aliphatic carbocycles. The lowest BCUT2D eigenvalue weighted by molar-refractivity contribution is -0.130. The predicted octanol–water partition coefficient (Wildman–Crippen LogP) is 0.727. The van der Waals surface area contributed by atoms with Gasteiger partial charge in [-0.3, -0.25) is 9.69 Å². The molecule has 1 amide bonds. The highest BCUT2D eigenvalue weighted by atomic mass is 16.2. The molecule has 0 aromatic heterocycles. The Morgan fingerprint density at radius 3 is 2.38 bits per heavy atom. The Morgan fingerprint density at radius 2 is 1.92 bits per heavy atom. The number of carbonyl (C=O) groups excluding carboxylic acids is 1. The Bertz CT molecular complexity index is 193. The molecule has 1 aliphatic rings. The molecule has 0 saturated carbocycles. The van der Waals surface area contributed by atoms with E-state index < -0.39 is 0 Å². The molecule has 3 heteroatoms. The van der Waals surface area contributed by atoms with Crippen molar-refractivity contribution in [2.24, 2.45) is 0 Å². The predicted molar refractivity (Wildman–Crippen MR) is 53.5 cm³/mol. The van der Waals surface area contributed by atoms with E-state index in [1.165, 1.54) is 0 Å². The van der Waals surface area contributed by atoms with Gasteiger partial charge < -0.3 is 4.90 Å². The third-order valence-corrected chi connectivity index (χ3v) is 2.42. The minimum absolute atomic E-state index is 0.200. The Balaban J connectivity index is 2.26. The van der Waals surface area contributed by atoms with Gasteiger partial charge in [-0.25, -0.2) is 0 Å². The van der Waals surface area contributed by atoms with E-state index in [1.54, 1.807) is 6.92 Å². The molecule has 3 nitrogen and oxygen atoms in total. The second-order valence-corrected chi connectivity index (χ2v) is 3.38. The molecule has 1 aliphatic heterocycles. The van der Waals surface area contributed by atoms with Crippen molar-refractivity contribution in [3.63, 3.8) is 0 Å². The van der Waals surface area contributed by atoms with Crippen LogP contribution in [0.1, 0.15) is 13.8 Å². The molecule has 1 saturated heterocycles. The molecule has 74 valence electrons. The lowest BCUT2D eigenvalue weighted by Gasteiger charge is -2.33. The van der Waals surface area contributed by atoms with Crippen molar-refractivity contribution in [3.8, 4) is 0 Å². The maximum absolute atomic E-state index is 11.0. The molecule has 0 aromatic carbocycles. The van der Waals surface area contributed by atoms with E-state index >= 15 is 0 Å². The average molecular weight is 182 g/mol. The first-order valence-corrected chi connectivity index (χ1v) is 4.83. The normalized spacial score (nSPS) is 19.7. The molecular formula is C10H18N2O. The standard InChI is InChI=1S/C10H18N2O/c1-3-4-5-11-6-8-12(9-7-11)10(2)13/h3-4H,5-9H2,1-2H3/b4-3+. The fourth-order valence-corrected chi connectivity index (χ4v) is 1.50. The molecule has 0 aromatic rings. The van der Waals surface area contributed by atoms with Crippen molar-refractivity contribution in [1.82, 2.24) is 9.80 Å². The summed E-state index contributed by atoms with van der Waals surface area (Å²) in [5.74, 6) is 0.200. The summed E-state index contributed by atoms with van der Waals surface area (Å²) in [7, 11) is 0. The van der Waals surface area contributed by atoms with Crippen molar-refractivity contribution < 1.29 is 4.79 Å². The number of hydrogen-bond donors (Lipinski definition) is 0. The molecule has 0 bridgehead atoms. The SMILES string of the molecule is C/C=C/CN1CCN(C(C)=O)CC1. The molecule has 1 rings (SSSR count). The second-order valence-electron chi connectivity index (χ2n) is 3.38. The zero-order chi connectivity index (χ0) is 9.68. The van der Waals surface area contributed by atoms with Gasteiger partial charge in [-0.05, 0) is 6.92 Å². The molecule has 0 radical (unpaired) electrons. The van der Waals surface area contributed by atoms with Gasteiger partial charge in [-0.1, -0.05) is 12.2 Å². The summed E-state index contributed by atoms with van der Waals surface area (Å²) in [4.78, 5) is 15.3. The molecule has 1 heterocycles. The minimum atomic E-state index is 0.200. The van der Waals surface area contributed by atoms with Crippen LogP contribution in [0, 0.1) is 0 Å². The summed E-state index contributed by atoms with van der Waals surface area (Å²) in [6.45, 7) is 8.46. The molecule has 0 unspecified atom stereocenters. The van der Waals surface area contributed by atoms with E-state index in [4.69, 9.17) is 0 Å². The van der Waals surface area contributed by atoms with Gasteiger partial charge in [0, 0.05) is 39.6 Å². The lowest BCUT2D eigenvalue weighted by atomic mass is 10.3. The first kappa shape index (κ1) is 10.3. The summed E-state index contributed by atoms with van der Waals surface area (Å²) in [6, 6.07) is 0. The van der Waals surface area contributed by atoms with Gasteiger partial charge in [-0.2, -0.15) is 0 Å². The summed E-state index contributed by atoms with van der Waals surface area (Å²) < 4.78 is 0. The van der Waals surface area contributed by atoms with Gasteiger partial charge in [0.15, 0.2) is 0 Å². The summed E-state index contributed by atoms with van der Waals surface area (Å²) >= 11 is 0. The fraction of sp³-hybridized carbons (Fsp3) is 0.700. The maximum Gasteiger partial charge on any atom is 0.219 e. The molecule has 0 spiro atoms. The van der Waals surface area contributed by atoms with Gasteiger partial charge in [0.2, 0.25) is 5.91 Å². The van der Waals surface area contributed by atoms with Crippen molar-refractivity contribution in [2.75, 3.05) is 32.7 Å². The van der Waals surface area contributed by atoms with Crippen LogP contribution in [0.15, 0.2) is 12.2 Å². The minimum Gasteiger partial charge on any atom is -0.340 e. The quantitative estimate of drug-likeness (QED) is 0.588. The van der Waals surface area contributed by atoms with Gasteiger partial charge in [0.05, 0.1) is 0 Å². The van der Waals surface area contributed by atoms with Gasteiger partial charge in [-0.15, -0.1) is 0 Å². The highest BCUT2D eigenvalue weighted by molar-refractivity contribution is 5.73. The number of carbonyl (C=O) groups is 1. The van der Waals surface area contributed by atoms with Crippen LogP contribution in [0.2, 0.25) is 0 Å². The van der Waals surface area contributed by atoms with Crippen LogP contribution in [0.3, 0.4) is 0 Å². The first-order chi connectivity index (χ1) is 6.24. The second kappa shape index (κ2) is 5.02. The van der Waals surface area contributed by atoms with Gasteiger partial charge >= 0.3 is 0 Å². The third-order valence-electron chi connectivity index (χ3n) is 2.42. The molecule has 13 heavy (non-hydrogen) atoms. The smallest absolute Gasteiger partial charge is 0.219 e. The molecule has 1 fully saturated rings. The van der Waals surface area contributed by atoms with Crippen LogP contribution in [-0.2, 0) is 4.79 Å². The van der Waals surface area contributed by atoms with Crippen LogP contribution in [0.4, 0.5) is 0 Å². The molecule has 0 N–H and O–H groups in total. The van der Waals surface area contributed by atoms with Gasteiger partial charge in [0.25, 0.3) is 0 Å². The lowest BCUT2D eigenvalue weighted by Crippen LogP contribution is -2.47. The number of amides is 1. The Labute approximate surface area is 80.0 Å². The largest absolute Gasteiger partial charge is 0.340 e. The fourth-order valence-electron chi connectivity index (χ4n) is 1.50. The number of allylic oxidation sites excluding steroid dienone is 1. The van der Waals surface area contributed by atoms with Crippen LogP contribution in [0.5, 0.6) is 0 Å². The number of nitrogens with zero attached hydrogens (tertiary/aromatic N) is 2. The Kier molecular flexibility index (Phi) is 3.96. The van der Waals surface area contributed by atoms with Gasteiger partial charge in [0.1, 0.15) is 0 Å². The monoisotopic (exact) mass is 182 g/mol. The van der Waals surface area contributed by atoms with Crippen LogP contribution in [-0.4, -0.2) is 48.4 Å². The van der Waals surface area contributed by atoms with Crippen molar-refractivity contribution in [1.29, 1.82) is 0 Å². The van der Waals surface area contributed by atoms with Crippen molar-refractivity contribution in [3.05, 3.63) is 12.2 Å². The number of hydrogen-bond acceptors (Lipinski definition) is 2. The molecule has 0 atom stereocenters. The average Bonchev–Trinajstić information content (AvgIpc) is 2.15. The van der Waals surface area contributed by atoms with E-state index in [-0.39, 0.29) is 5.91 Å². The van der Waals surface area contributed by atoms with E-state index in [0.29, 0.717) is 0 Å². The summed E-state index contributed by atoms with van der Waals surface area (Å²) in [5.41, 5.74) is 0. The number of piperazine rings is 1.